The molecule has 0 radical (unpaired) electrons. The number of hydrogen-bond donors (Lipinski definition) is 1. The summed E-state index contributed by atoms with van der Waals surface area (Å²) in [4.78, 5) is 30.9. The van der Waals surface area contributed by atoms with Crippen LogP contribution in [-0.2, 0) is 4.79 Å². The first kappa shape index (κ1) is 21.6. The number of aliphatic carboxylic acids is 1. The molecule has 4 aromatic rings. The predicted molar refractivity (Wildman–Crippen MR) is 132 cm³/mol. The number of carboxylic acids is 1. The molecule has 0 saturated heterocycles. The van der Waals surface area contributed by atoms with Crippen LogP contribution < -0.4 is 10.5 Å². The molecule has 3 heterocycles. The number of thiazole rings is 1. The number of anilines is 1. The van der Waals surface area contributed by atoms with E-state index in [9.17, 15) is 9.59 Å². The minimum atomic E-state index is -0.787. The third-order valence-corrected chi connectivity index (χ3v) is 7.61. The Balaban J connectivity index is 1.61. The maximum Gasteiger partial charge on any atom is 0.346 e. The number of nitrogens with zero attached hydrogens (tertiary/aromatic N) is 2. The van der Waals surface area contributed by atoms with Gasteiger partial charge in [-0.1, -0.05) is 19.1 Å². The van der Waals surface area contributed by atoms with Gasteiger partial charge in [0.1, 0.15) is 10.6 Å². The lowest BCUT2D eigenvalue weighted by atomic mass is 9.79. The van der Waals surface area contributed by atoms with Crippen molar-refractivity contribution in [1.82, 2.24) is 4.98 Å². The highest BCUT2D eigenvalue weighted by Crippen LogP contribution is 2.45. The Morgan fingerprint density at radius 1 is 1.27 bits per heavy atom. The standard InChI is InChI=1S/C26H26N2O4S/c1-15-14-26(2,3)28(10-6-9-23(29)30)20-13-21-16(11-17(15)20)12-18(25(31)32-21)24-27-19-7-4-5-8-22(19)33-24/h4-5,7-8,11-13,15H,6,9-10,14H2,1-3H3,(H,29,30). The summed E-state index contributed by atoms with van der Waals surface area (Å²) in [5, 5.41) is 10.6. The molecule has 0 aliphatic carbocycles. The first-order valence-corrected chi connectivity index (χ1v) is 12.0. The number of fused-ring (bicyclic) bond motifs is 3. The second-order valence-electron chi connectivity index (χ2n) is 9.45. The Bertz CT molecular complexity index is 1400. The monoisotopic (exact) mass is 462 g/mol. The summed E-state index contributed by atoms with van der Waals surface area (Å²) in [6.45, 7) is 7.22. The van der Waals surface area contributed by atoms with E-state index in [1.807, 2.05) is 36.4 Å². The Morgan fingerprint density at radius 3 is 2.82 bits per heavy atom. The molecule has 0 bridgehead atoms. The highest BCUT2D eigenvalue weighted by molar-refractivity contribution is 7.21. The van der Waals surface area contributed by atoms with Crippen molar-refractivity contribution in [2.24, 2.45) is 0 Å². The number of benzene rings is 2. The molecule has 33 heavy (non-hydrogen) atoms. The first-order chi connectivity index (χ1) is 15.7. The summed E-state index contributed by atoms with van der Waals surface area (Å²) in [5.74, 6) is -0.460. The normalized spacial score (nSPS) is 17.4. The van der Waals surface area contributed by atoms with Crippen LogP contribution >= 0.6 is 11.3 Å². The van der Waals surface area contributed by atoms with E-state index >= 15 is 0 Å². The maximum atomic E-state index is 12.9. The van der Waals surface area contributed by atoms with Crippen LogP contribution in [0.1, 0.15) is 51.5 Å². The molecule has 0 spiro atoms. The van der Waals surface area contributed by atoms with Gasteiger partial charge in [-0.15, -0.1) is 11.3 Å². The van der Waals surface area contributed by atoms with Crippen LogP contribution in [0.25, 0.3) is 31.8 Å². The molecule has 5 rings (SSSR count). The minimum absolute atomic E-state index is 0.125. The van der Waals surface area contributed by atoms with Gasteiger partial charge in [0, 0.05) is 35.6 Å². The molecule has 1 aliphatic rings. The number of carbonyl (C=O) groups is 1. The topological polar surface area (TPSA) is 83.6 Å². The van der Waals surface area contributed by atoms with Crippen LogP contribution in [0.5, 0.6) is 0 Å². The third kappa shape index (κ3) is 3.91. The van der Waals surface area contributed by atoms with E-state index in [0.717, 1.165) is 27.7 Å². The van der Waals surface area contributed by atoms with Gasteiger partial charge in [-0.25, -0.2) is 9.78 Å². The first-order valence-electron chi connectivity index (χ1n) is 11.2. The zero-order chi connectivity index (χ0) is 23.3. The average molecular weight is 463 g/mol. The number of para-hydroxylation sites is 1. The van der Waals surface area contributed by atoms with Crippen LogP contribution in [0.3, 0.4) is 0 Å². The van der Waals surface area contributed by atoms with E-state index in [-0.39, 0.29) is 12.0 Å². The lowest BCUT2D eigenvalue weighted by Gasteiger charge is -2.47. The van der Waals surface area contributed by atoms with Crippen molar-refractivity contribution in [3.63, 3.8) is 0 Å². The Kier molecular flexibility index (Phi) is 5.24. The number of rotatable bonds is 5. The van der Waals surface area contributed by atoms with Gasteiger partial charge in [0.25, 0.3) is 0 Å². The van der Waals surface area contributed by atoms with Crippen LogP contribution in [0.4, 0.5) is 5.69 Å². The van der Waals surface area contributed by atoms with Crippen LogP contribution in [0.2, 0.25) is 0 Å². The van der Waals surface area contributed by atoms with E-state index in [2.05, 4.69) is 36.7 Å². The quantitative estimate of drug-likeness (QED) is 0.365. The molecule has 1 atom stereocenters. The van der Waals surface area contributed by atoms with Gasteiger partial charge < -0.3 is 14.4 Å². The van der Waals surface area contributed by atoms with E-state index in [1.54, 1.807) is 0 Å². The van der Waals surface area contributed by atoms with E-state index in [0.29, 0.717) is 35.0 Å². The summed E-state index contributed by atoms with van der Waals surface area (Å²) in [5.41, 5.74) is 3.58. The smallest absolute Gasteiger partial charge is 0.346 e. The summed E-state index contributed by atoms with van der Waals surface area (Å²) < 4.78 is 6.83. The van der Waals surface area contributed by atoms with E-state index in [4.69, 9.17) is 9.52 Å². The third-order valence-electron chi connectivity index (χ3n) is 6.54. The molecule has 170 valence electrons. The summed E-state index contributed by atoms with van der Waals surface area (Å²) in [6.07, 6.45) is 1.65. The van der Waals surface area contributed by atoms with E-state index < -0.39 is 11.6 Å². The Hall–Kier alpha value is -3.19. The SMILES string of the molecule is CC1CC(C)(C)N(CCCC(=O)O)c2cc3oc(=O)c(-c4nc5ccccc5s4)cc3cc21. The van der Waals surface area contributed by atoms with Crippen LogP contribution in [0, 0.1) is 0 Å². The van der Waals surface area contributed by atoms with Gasteiger partial charge in [-0.05, 0) is 62.4 Å². The lowest BCUT2D eigenvalue weighted by Crippen LogP contribution is -2.48. The molecule has 0 amide bonds. The molecular weight excluding hydrogens is 436 g/mol. The summed E-state index contributed by atoms with van der Waals surface area (Å²) in [7, 11) is 0. The molecule has 6 nitrogen and oxygen atoms in total. The second kappa shape index (κ2) is 7.99. The number of hydrogen-bond acceptors (Lipinski definition) is 6. The highest BCUT2D eigenvalue weighted by atomic mass is 32.1. The molecule has 7 heteroatoms. The predicted octanol–water partition coefficient (Wildman–Crippen LogP) is 6.03. The zero-order valence-corrected chi connectivity index (χ0v) is 19.7. The molecule has 2 aromatic carbocycles. The second-order valence-corrected chi connectivity index (χ2v) is 10.5. The fourth-order valence-corrected chi connectivity index (χ4v) is 6.02. The number of aromatic nitrogens is 1. The largest absolute Gasteiger partial charge is 0.481 e. The zero-order valence-electron chi connectivity index (χ0n) is 18.9. The highest BCUT2D eigenvalue weighted by Gasteiger charge is 2.36. The van der Waals surface area contributed by atoms with E-state index in [1.165, 1.54) is 16.9 Å². The summed E-state index contributed by atoms with van der Waals surface area (Å²) in [6, 6.07) is 13.8. The minimum Gasteiger partial charge on any atom is -0.481 e. The summed E-state index contributed by atoms with van der Waals surface area (Å²) >= 11 is 1.49. The van der Waals surface area contributed by atoms with Crippen molar-refractivity contribution in [1.29, 1.82) is 0 Å². The molecule has 1 N–H and O–H groups in total. The Labute approximate surface area is 195 Å². The fourth-order valence-electron chi connectivity index (χ4n) is 5.05. The van der Waals surface area contributed by atoms with Crippen molar-refractivity contribution < 1.29 is 14.3 Å². The van der Waals surface area contributed by atoms with Crippen molar-refractivity contribution in [3.05, 3.63) is 58.4 Å². The molecule has 0 fully saturated rings. The fraction of sp³-hybridized carbons (Fsp3) is 0.346. The van der Waals surface area contributed by atoms with Gasteiger partial charge in [-0.2, -0.15) is 0 Å². The van der Waals surface area contributed by atoms with Gasteiger partial charge >= 0.3 is 11.6 Å². The average Bonchev–Trinajstić information content (AvgIpc) is 3.18. The van der Waals surface area contributed by atoms with Crippen molar-refractivity contribution in [3.8, 4) is 10.6 Å². The Morgan fingerprint density at radius 2 is 2.06 bits per heavy atom. The van der Waals surface area contributed by atoms with Crippen molar-refractivity contribution in [2.75, 3.05) is 11.4 Å². The molecule has 1 unspecified atom stereocenters. The van der Waals surface area contributed by atoms with Gasteiger partial charge in [0.05, 0.1) is 15.8 Å². The van der Waals surface area contributed by atoms with Gasteiger partial charge in [0.2, 0.25) is 0 Å². The molecule has 2 aromatic heterocycles. The van der Waals surface area contributed by atoms with Crippen molar-refractivity contribution >= 4 is 44.2 Å². The van der Waals surface area contributed by atoms with Crippen LogP contribution in [-0.4, -0.2) is 28.1 Å². The van der Waals surface area contributed by atoms with Gasteiger partial charge in [0.15, 0.2) is 0 Å². The molecule has 0 saturated carbocycles. The van der Waals surface area contributed by atoms with Gasteiger partial charge in [-0.3, -0.25) is 4.79 Å². The molecule has 1 aliphatic heterocycles. The van der Waals surface area contributed by atoms with Crippen LogP contribution in [0.15, 0.2) is 51.7 Å². The van der Waals surface area contributed by atoms with Crippen molar-refractivity contribution in [2.45, 2.75) is 51.5 Å². The number of carboxylic acid groups (broad SMARTS) is 1. The molecular formula is C26H26N2O4S. The lowest BCUT2D eigenvalue weighted by molar-refractivity contribution is -0.137. The maximum absolute atomic E-state index is 12.9.